The van der Waals surface area contributed by atoms with E-state index in [1.165, 1.54) is 0 Å². The maximum absolute atomic E-state index is 12.4. The lowest BCUT2D eigenvalue weighted by atomic mass is 10.1. The van der Waals surface area contributed by atoms with Crippen LogP contribution in [-0.2, 0) is 9.53 Å². The Labute approximate surface area is 114 Å². The van der Waals surface area contributed by atoms with Gasteiger partial charge in [0.1, 0.15) is 0 Å². The van der Waals surface area contributed by atoms with Crippen LogP contribution >= 0.6 is 0 Å². The van der Waals surface area contributed by atoms with E-state index in [0.717, 1.165) is 0 Å². The monoisotopic (exact) mass is 272 g/mol. The standard InChI is InChI=1S/C13H24N2O4/c1-5-15(10(2)8-11(16)17)12(18)14-6-7-19-13(3,4)9-14/h10H,5-9H2,1-4H3,(H,16,17). The largest absolute Gasteiger partial charge is 0.481 e. The number of nitrogens with zero attached hydrogens (tertiary/aromatic N) is 2. The molecule has 110 valence electrons. The number of amides is 2. The van der Waals surface area contributed by atoms with Gasteiger partial charge in [-0.2, -0.15) is 0 Å². The number of ether oxygens (including phenoxy) is 1. The van der Waals surface area contributed by atoms with Gasteiger partial charge in [-0.1, -0.05) is 0 Å². The summed E-state index contributed by atoms with van der Waals surface area (Å²) in [6, 6.07) is -0.409. The number of carbonyl (C=O) groups is 2. The summed E-state index contributed by atoms with van der Waals surface area (Å²) in [6.07, 6.45) is -0.0344. The Balaban J connectivity index is 2.70. The molecule has 0 aromatic heterocycles. The topological polar surface area (TPSA) is 70.1 Å². The fourth-order valence-electron chi connectivity index (χ4n) is 2.36. The number of morpholine rings is 1. The number of urea groups is 1. The molecule has 1 N–H and O–H groups in total. The van der Waals surface area contributed by atoms with E-state index < -0.39 is 5.97 Å². The number of carbonyl (C=O) groups excluding carboxylic acids is 1. The number of carboxylic acid groups (broad SMARTS) is 1. The van der Waals surface area contributed by atoms with Crippen LogP contribution in [0.1, 0.15) is 34.1 Å². The molecule has 1 rings (SSSR count). The highest BCUT2D eigenvalue weighted by molar-refractivity contribution is 5.76. The molecular formula is C13H24N2O4. The molecule has 1 saturated heterocycles. The summed E-state index contributed by atoms with van der Waals surface area (Å²) >= 11 is 0. The van der Waals surface area contributed by atoms with Crippen molar-refractivity contribution in [1.29, 1.82) is 0 Å². The fourth-order valence-corrected chi connectivity index (χ4v) is 2.36. The van der Waals surface area contributed by atoms with Crippen LogP contribution in [0, 0.1) is 0 Å². The molecular weight excluding hydrogens is 248 g/mol. The zero-order valence-corrected chi connectivity index (χ0v) is 12.2. The first kappa shape index (κ1) is 15.8. The van der Waals surface area contributed by atoms with Crippen molar-refractivity contribution in [3.8, 4) is 0 Å². The fraction of sp³-hybridized carbons (Fsp3) is 0.846. The van der Waals surface area contributed by atoms with Gasteiger partial charge in [0.15, 0.2) is 0 Å². The van der Waals surface area contributed by atoms with Crippen molar-refractivity contribution < 1.29 is 19.4 Å². The third-order valence-electron chi connectivity index (χ3n) is 3.28. The Morgan fingerprint density at radius 1 is 1.47 bits per heavy atom. The van der Waals surface area contributed by atoms with E-state index in [4.69, 9.17) is 9.84 Å². The van der Waals surface area contributed by atoms with Crippen LogP contribution in [0.2, 0.25) is 0 Å². The molecule has 1 atom stereocenters. The molecule has 0 aromatic carbocycles. The molecule has 1 unspecified atom stereocenters. The van der Waals surface area contributed by atoms with Crippen molar-refractivity contribution >= 4 is 12.0 Å². The summed E-state index contributed by atoms with van der Waals surface area (Å²) in [5.74, 6) is -0.888. The van der Waals surface area contributed by atoms with E-state index in [1.54, 1.807) is 16.7 Å². The third kappa shape index (κ3) is 4.38. The lowest BCUT2D eigenvalue weighted by Gasteiger charge is -2.41. The van der Waals surface area contributed by atoms with E-state index in [9.17, 15) is 9.59 Å². The number of carboxylic acids is 1. The molecule has 19 heavy (non-hydrogen) atoms. The van der Waals surface area contributed by atoms with E-state index in [0.29, 0.717) is 26.2 Å². The van der Waals surface area contributed by atoms with Gasteiger partial charge in [0, 0.05) is 19.1 Å². The Morgan fingerprint density at radius 2 is 2.11 bits per heavy atom. The Bertz CT molecular complexity index is 344. The third-order valence-corrected chi connectivity index (χ3v) is 3.28. The number of hydrogen-bond acceptors (Lipinski definition) is 3. The van der Waals surface area contributed by atoms with Crippen molar-refractivity contribution in [2.75, 3.05) is 26.2 Å². The molecule has 0 spiro atoms. The molecule has 1 aliphatic rings. The van der Waals surface area contributed by atoms with Crippen LogP contribution in [0.15, 0.2) is 0 Å². The first-order valence-electron chi connectivity index (χ1n) is 6.68. The van der Waals surface area contributed by atoms with Crippen LogP contribution in [0.25, 0.3) is 0 Å². The average Bonchev–Trinajstić information content (AvgIpc) is 2.27. The first-order valence-corrected chi connectivity index (χ1v) is 6.68. The van der Waals surface area contributed by atoms with Gasteiger partial charge in [0.05, 0.1) is 25.2 Å². The van der Waals surface area contributed by atoms with Crippen LogP contribution in [0.4, 0.5) is 4.79 Å². The maximum atomic E-state index is 12.4. The zero-order valence-electron chi connectivity index (χ0n) is 12.2. The predicted octanol–water partition coefficient (Wildman–Crippen LogP) is 1.40. The second-order valence-electron chi connectivity index (χ2n) is 5.55. The van der Waals surface area contributed by atoms with Gasteiger partial charge in [0.2, 0.25) is 0 Å². The second-order valence-corrected chi connectivity index (χ2v) is 5.55. The predicted molar refractivity (Wildman–Crippen MR) is 71.1 cm³/mol. The molecule has 1 fully saturated rings. The van der Waals surface area contributed by atoms with E-state index >= 15 is 0 Å². The highest BCUT2D eigenvalue weighted by Gasteiger charge is 2.33. The summed E-state index contributed by atoms with van der Waals surface area (Å²) in [5, 5.41) is 8.83. The van der Waals surface area contributed by atoms with E-state index in [-0.39, 0.29) is 24.1 Å². The normalized spacial score (nSPS) is 19.9. The van der Waals surface area contributed by atoms with Crippen LogP contribution < -0.4 is 0 Å². The van der Waals surface area contributed by atoms with Crippen LogP contribution in [0.3, 0.4) is 0 Å². The van der Waals surface area contributed by atoms with Crippen LogP contribution in [0.5, 0.6) is 0 Å². The molecule has 1 heterocycles. The summed E-state index contributed by atoms with van der Waals surface area (Å²) in [6.45, 7) is 9.63. The van der Waals surface area contributed by atoms with Gasteiger partial charge in [-0.3, -0.25) is 4.79 Å². The quantitative estimate of drug-likeness (QED) is 0.840. The molecule has 0 radical (unpaired) electrons. The molecule has 6 nitrogen and oxygen atoms in total. The summed E-state index contributed by atoms with van der Waals surface area (Å²) in [4.78, 5) is 26.6. The number of hydrogen-bond donors (Lipinski definition) is 1. The Morgan fingerprint density at radius 3 is 2.58 bits per heavy atom. The SMILES string of the molecule is CCN(C(=O)N1CCOC(C)(C)C1)C(C)CC(=O)O. The van der Waals surface area contributed by atoms with Crippen molar-refractivity contribution in [1.82, 2.24) is 9.80 Å². The summed E-state index contributed by atoms with van der Waals surface area (Å²) in [5.41, 5.74) is -0.344. The molecule has 0 bridgehead atoms. The van der Waals surface area contributed by atoms with E-state index in [2.05, 4.69) is 0 Å². The van der Waals surface area contributed by atoms with Crippen molar-refractivity contribution in [3.63, 3.8) is 0 Å². The Kier molecular flexibility index (Phi) is 5.17. The van der Waals surface area contributed by atoms with Gasteiger partial charge >= 0.3 is 12.0 Å². The highest BCUT2D eigenvalue weighted by atomic mass is 16.5. The molecule has 1 aliphatic heterocycles. The van der Waals surface area contributed by atoms with Crippen molar-refractivity contribution in [2.24, 2.45) is 0 Å². The lowest BCUT2D eigenvalue weighted by Crippen LogP contribution is -2.56. The summed E-state index contributed by atoms with van der Waals surface area (Å²) in [7, 11) is 0. The van der Waals surface area contributed by atoms with E-state index in [1.807, 2.05) is 20.8 Å². The van der Waals surface area contributed by atoms with Gasteiger partial charge < -0.3 is 19.6 Å². The lowest BCUT2D eigenvalue weighted by molar-refractivity contribution is -0.138. The number of rotatable bonds is 4. The summed E-state index contributed by atoms with van der Waals surface area (Å²) < 4.78 is 5.58. The first-order chi connectivity index (χ1) is 8.76. The maximum Gasteiger partial charge on any atom is 0.320 e. The van der Waals surface area contributed by atoms with Gasteiger partial charge in [-0.25, -0.2) is 4.79 Å². The van der Waals surface area contributed by atoms with Crippen LogP contribution in [-0.4, -0.2) is 64.8 Å². The minimum atomic E-state index is -0.888. The Hall–Kier alpha value is -1.30. The molecule has 0 saturated carbocycles. The zero-order chi connectivity index (χ0) is 14.6. The molecule has 2 amide bonds. The number of aliphatic carboxylic acids is 1. The highest BCUT2D eigenvalue weighted by Crippen LogP contribution is 2.18. The average molecular weight is 272 g/mol. The molecule has 6 heteroatoms. The molecule has 0 aromatic rings. The smallest absolute Gasteiger partial charge is 0.320 e. The van der Waals surface area contributed by atoms with Gasteiger partial charge in [0.25, 0.3) is 0 Å². The second kappa shape index (κ2) is 6.23. The van der Waals surface area contributed by atoms with Gasteiger partial charge in [-0.15, -0.1) is 0 Å². The molecule has 0 aliphatic carbocycles. The van der Waals surface area contributed by atoms with Crippen molar-refractivity contribution in [2.45, 2.75) is 45.8 Å². The minimum absolute atomic E-state index is 0.0344. The van der Waals surface area contributed by atoms with Gasteiger partial charge in [-0.05, 0) is 27.7 Å². The minimum Gasteiger partial charge on any atom is -0.481 e. The van der Waals surface area contributed by atoms with Crippen molar-refractivity contribution in [3.05, 3.63) is 0 Å².